The second kappa shape index (κ2) is 6.10. The molecular formula is C15H14F3N3S. The van der Waals surface area contributed by atoms with E-state index in [4.69, 9.17) is 0 Å². The van der Waals surface area contributed by atoms with Crippen LogP contribution < -0.4 is 5.32 Å². The van der Waals surface area contributed by atoms with E-state index >= 15 is 0 Å². The second-order valence-electron chi connectivity index (χ2n) is 4.94. The second-order valence-corrected chi connectivity index (χ2v) is 6.11. The first-order chi connectivity index (χ1) is 10.5. The normalized spacial score (nSPS) is 12.1. The molecule has 3 rings (SSSR count). The van der Waals surface area contributed by atoms with Gasteiger partial charge in [0, 0.05) is 34.4 Å². The fourth-order valence-electron chi connectivity index (χ4n) is 2.19. The number of aromatic nitrogens is 2. The average molecular weight is 325 g/mol. The average Bonchev–Trinajstić information content (AvgIpc) is 3.09. The van der Waals surface area contributed by atoms with E-state index in [1.54, 1.807) is 11.3 Å². The van der Waals surface area contributed by atoms with Gasteiger partial charge in [-0.25, -0.2) is 0 Å². The van der Waals surface area contributed by atoms with Crippen LogP contribution in [0.5, 0.6) is 0 Å². The maximum atomic E-state index is 12.4. The Bertz CT molecular complexity index is 728. The predicted molar refractivity (Wildman–Crippen MR) is 80.8 cm³/mol. The highest BCUT2D eigenvalue weighted by molar-refractivity contribution is 7.19. The zero-order valence-corrected chi connectivity index (χ0v) is 12.4. The molecule has 0 aliphatic rings. The molecule has 3 aromatic rings. The van der Waals surface area contributed by atoms with Crippen molar-refractivity contribution >= 4 is 21.4 Å². The molecule has 1 aromatic carbocycles. The van der Waals surface area contributed by atoms with Crippen LogP contribution in [0.15, 0.2) is 42.7 Å². The summed E-state index contributed by atoms with van der Waals surface area (Å²) in [5.74, 6) is 0. The summed E-state index contributed by atoms with van der Waals surface area (Å²) in [7, 11) is 0. The molecule has 22 heavy (non-hydrogen) atoms. The number of rotatable bonds is 5. The van der Waals surface area contributed by atoms with Crippen molar-refractivity contribution in [2.45, 2.75) is 19.3 Å². The number of hydrogen-bond acceptors (Lipinski definition) is 3. The number of fused-ring (bicyclic) bond motifs is 1. The molecule has 0 atom stereocenters. The van der Waals surface area contributed by atoms with Gasteiger partial charge >= 0.3 is 6.30 Å². The molecule has 2 aromatic heterocycles. The van der Waals surface area contributed by atoms with Crippen LogP contribution in [0.25, 0.3) is 10.1 Å². The zero-order chi connectivity index (χ0) is 15.6. The highest BCUT2D eigenvalue weighted by Gasteiger charge is 2.31. The van der Waals surface area contributed by atoms with Crippen molar-refractivity contribution in [1.29, 1.82) is 0 Å². The maximum absolute atomic E-state index is 12.4. The fraction of sp³-hybridized carbons (Fsp3) is 0.267. The van der Waals surface area contributed by atoms with E-state index in [9.17, 15) is 13.2 Å². The van der Waals surface area contributed by atoms with Gasteiger partial charge in [0.1, 0.15) is 0 Å². The number of halogens is 3. The molecule has 0 aliphatic carbocycles. The minimum absolute atomic E-state index is 0.0238. The number of benzene rings is 1. The quantitative estimate of drug-likeness (QED) is 0.721. The van der Waals surface area contributed by atoms with Crippen LogP contribution in [0, 0.1) is 0 Å². The van der Waals surface area contributed by atoms with Gasteiger partial charge in [-0.3, -0.25) is 0 Å². The van der Waals surface area contributed by atoms with Gasteiger partial charge < -0.3 is 5.32 Å². The number of nitrogens with zero attached hydrogens (tertiary/aromatic N) is 2. The third kappa shape index (κ3) is 3.48. The number of alkyl halides is 3. The van der Waals surface area contributed by atoms with Crippen molar-refractivity contribution in [2.24, 2.45) is 0 Å². The molecule has 3 nitrogen and oxygen atoms in total. The molecule has 0 spiro atoms. The lowest BCUT2D eigenvalue weighted by atomic mass is 10.2. The topological polar surface area (TPSA) is 29.9 Å². The Morgan fingerprint density at radius 3 is 2.77 bits per heavy atom. The van der Waals surface area contributed by atoms with E-state index < -0.39 is 6.30 Å². The fourth-order valence-corrected chi connectivity index (χ4v) is 3.26. The van der Waals surface area contributed by atoms with Gasteiger partial charge in [-0.2, -0.15) is 9.78 Å². The smallest absolute Gasteiger partial charge is 0.312 e. The van der Waals surface area contributed by atoms with Crippen LogP contribution in [0.4, 0.5) is 13.2 Å². The first-order valence-electron chi connectivity index (χ1n) is 6.81. The summed E-state index contributed by atoms with van der Waals surface area (Å²) in [6, 6.07) is 10.3. The van der Waals surface area contributed by atoms with E-state index in [-0.39, 0.29) is 4.68 Å². The van der Waals surface area contributed by atoms with E-state index in [0.717, 1.165) is 12.6 Å². The summed E-state index contributed by atoms with van der Waals surface area (Å²) >= 11 is 1.75. The van der Waals surface area contributed by atoms with Gasteiger partial charge in [0.15, 0.2) is 0 Å². The Hall–Kier alpha value is -1.86. The van der Waals surface area contributed by atoms with Crippen molar-refractivity contribution in [3.05, 3.63) is 53.2 Å². The molecule has 0 bridgehead atoms. The van der Waals surface area contributed by atoms with Gasteiger partial charge in [-0.05, 0) is 23.9 Å². The molecule has 1 N–H and O–H groups in total. The van der Waals surface area contributed by atoms with E-state index in [1.807, 2.05) is 12.1 Å². The molecule has 0 fully saturated rings. The molecular weight excluding hydrogens is 311 g/mol. The zero-order valence-electron chi connectivity index (χ0n) is 11.6. The SMILES string of the molecule is FC(F)(F)n1cc(CNCCc2cc3ccccc3s2)cn1. The monoisotopic (exact) mass is 325 g/mol. The molecule has 7 heteroatoms. The maximum Gasteiger partial charge on any atom is 0.504 e. The standard InChI is InChI=1S/C15H14F3N3S/c16-15(17,18)21-10-11(9-20-21)8-19-6-5-13-7-12-3-1-2-4-14(12)22-13/h1-4,7,9-10,19H,5-6,8H2. The van der Waals surface area contributed by atoms with Gasteiger partial charge in [0.05, 0.1) is 6.20 Å². The van der Waals surface area contributed by atoms with Crippen molar-refractivity contribution in [1.82, 2.24) is 15.1 Å². The van der Waals surface area contributed by atoms with Crippen LogP contribution in [0.3, 0.4) is 0 Å². The van der Waals surface area contributed by atoms with Gasteiger partial charge in [-0.1, -0.05) is 18.2 Å². The molecule has 0 saturated heterocycles. The van der Waals surface area contributed by atoms with Crippen LogP contribution in [0.1, 0.15) is 10.4 Å². The number of hydrogen-bond donors (Lipinski definition) is 1. The summed E-state index contributed by atoms with van der Waals surface area (Å²) in [5, 5.41) is 7.68. The molecule has 0 unspecified atom stereocenters. The van der Waals surface area contributed by atoms with Crippen molar-refractivity contribution in [3.63, 3.8) is 0 Å². The Kier molecular flexibility index (Phi) is 4.17. The Balaban J connectivity index is 1.50. The summed E-state index contributed by atoms with van der Waals surface area (Å²) in [6.07, 6.45) is -1.35. The molecule has 0 amide bonds. The highest BCUT2D eigenvalue weighted by Crippen LogP contribution is 2.25. The van der Waals surface area contributed by atoms with Crippen molar-refractivity contribution < 1.29 is 13.2 Å². The van der Waals surface area contributed by atoms with Crippen LogP contribution in [-0.2, 0) is 19.3 Å². The Labute approximate surface area is 129 Å². The lowest BCUT2D eigenvalue weighted by Crippen LogP contribution is -2.18. The summed E-state index contributed by atoms with van der Waals surface area (Å²) in [4.78, 5) is 1.26. The third-order valence-electron chi connectivity index (χ3n) is 3.25. The number of nitrogens with one attached hydrogen (secondary N) is 1. The summed E-state index contributed by atoms with van der Waals surface area (Å²) < 4.78 is 38.5. The van der Waals surface area contributed by atoms with Crippen LogP contribution >= 0.6 is 11.3 Å². The molecule has 0 radical (unpaired) electrons. The Morgan fingerprint density at radius 1 is 1.23 bits per heavy atom. The Morgan fingerprint density at radius 2 is 2.05 bits per heavy atom. The predicted octanol–water partition coefficient (Wildman–Crippen LogP) is 3.91. The van der Waals surface area contributed by atoms with Gasteiger partial charge in [-0.15, -0.1) is 24.5 Å². The minimum atomic E-state index is -4.45. The third-order valence-corrected chi connectivity index (χ3v) is 4.43. The lowest BCUT2D eigenvalue weighted by molar-refractivity contribution is -0.212. The van der Waals surface area contributed by atoms with Crippen LogP contribution in [0.2, 0.25) is 0 Å². The van der Waals surface area contributed by atoms with Gasteiger partial charge in [0.2, 0.25) is 0 Å². The lowest BCUT2D eigenvalue weighted by Gasteiger charge is -2.04. The molecule has 0 saturated carbocycles. The van der Waals surface area contributed by atoms with E-state index in [2.05, 4.69) is 28.6 Å². The van der Waals surface area contributed by atoms with Crippen molar-refractivity contribution in [3.8, 4) is 0 Å². The van der Waals surface area contributed by atoms with E-state index in [0.29, 0.717) is 18.7 Å². The number of thiophene rings is 1. The highest BCUT2D eigenvalue weighted by atomic mass is 32.1. The summed E-state index contributed by atoms with van der Waals surface area (Å²) in [6.45, 7) is 1.09. The molecule has 116 valence electrons. The van der Waals surface area contributed by atoms with E-state index in [1.165, 1.54) is 21.2 Å². The first-order valence-corrected chi connectivity index (χ1v) is 7.63. The molecule has 0 aliphatic heterocycles. The van der Waals surface area contributed by atoms with Crippen molar-refractivity contribution in [2.75, 3.05) is 6.54 Å². The largest absolute Gasteiger partial charge is 0.504 e. The minimum Gasteiger partial charge on any atom is -0.312 e. The van der Waals surface area contributed by atoms with Crippen LogP contribution in [-0.4, -0.2) is 16.3 Å². The first kappa shape index (κ1) is 15.1. The molecule has 2 heterocycles. The van der Waals surface area contributed by atoms with Gasteiger partial charge in [0.25, 0.3) is 0 Å². The summed E-state index contributed by atoms with van der Waals surface area (Å²) in [5.41, 5.74) is 0.522.